The van der Waals surface area contributed by atoms with Crippen LogP contribution in [0.25, 0.3) is 22.3 Å². The van der Waals surface area contributed by atoms with Crippen molar-refractivity contribution < 1.29 is 19.4 Å². The van der Waals surface area contributed by atoms with Crippen molar-refractivity contribution in [1.29, 1.82) is 0 Å². The Balaban J connectivity index is 1.43. The van der Waals surface area contributed by atoms with Crippen molar-refractivity contribution in [3.8, 4) is 11.4 Å². The number of benzene rings is 3. The lowest BCUT2D eigenvalue weighted by Gasteiger charge is -2.21. The van der Waals surface area contributed by atoms with Gasteiger partial charge in [-0.2, -0.15) is 0 Å². The molecule has 5 rings (SSSR count). The minimum atomic E-state index is -0.968. The van der Waals surface area contributed by atoms with Gasteiger partial charge in [0.15, 0.2) is 17.7 Å². The van der Waals surface area contributed by atoms with Gasteiger partial charge < -0.3 is 14.7 Å². The van der Waals surface area contributed by atoms with Gasteiger partial charge in [0.1, 0.15) is 0 Å². The molecule has 4 aromatic rings. The molecule has 1 amide bonds. The molecule has 0 radical (unpaired) electrons. The van der Waals surface area contributed by atoms with Gasteiger partial charge in [0.2, 0.25) is 0 Å². The molecule has 7 nitrogen and oxygen atoms in total. The zero-order valence-electron chi connectivity index (χ0n) is 17.9. The largest absolute Gasteiger partial charge is 0.461 e. The molecule has 33 heavy (non-hydrogen) atoms. The van der Waals surface area contributed by atoms with Crippen LogP contribution in [0.4, 0.5) is 0 Å². The molecule has 7 heteroatoms. The van der Waals surface area contributed by atoms with Crippen LogP contribution in [-0.2, 0) is 11.3 Å². The van der Waals surface area contributed by atoms with E-state index in [9.17, 15) is 14.7 Å². The van der Waals surface area contributed by atoms with Gasteiger partial charge in [-0.25, -0.2) is 14.8 Å². The average molecular weight is 439 g/mol. The lowest BCUT2D eigenvalue weighted by Crippen LogP contribution is -2.27. The molecule has 0 saturated heterocycles. The molecule has 164 valence electrons. The second-order valence-electron chi connectivity index (χ2n) is 7.72. The number of carbonyl (C=O) groups is 2. The van der Waals surface area contributed by atoms with E-state index in [0.717, 1.165) is 11.1 Å². The van der Waals surface area contributed by atoms with Gasteiger partial charge in [-0.15, -0.1) is 0 Å². The molecule has 1 N–H and O–H groups in total. The fraction of sp³-hybridized carbons (Fsp3) is 0.154. The van der Waals surface area contributed by atoms with E-state index < -0.39 is 12.2 Å². The molecule has 0 saturated carbocycles. The third-order valence-corrected chi connectivity index (χ3v) is 5.66. The number of aliphatic hydroxyl groups is 1. The fourth-order valence-electron chi connectivity index (χ4n) is 4.03. The number of rotatable bonds is 5. The van der Waals surface area contributed by atoms with E-state index >= 15 is 0 Å². The number of aromatic nitrogens is 2. The van der Waals surface area contributed by atoms with Crippen LogP contribution in [-0.4, -0.2) is 38.5 Å². The lowest BCUT2D eigenvalue weighted by atomic mass is 10.1. The third-order valence-electron chi connectivity index (χ3n) is 5.66. The van der Waals surface area contributed by atoms with Crippen LogP contribution < -0.4 is 0 Å². The van der Waals surface area contributed by atoms with Crippen molar-refractivity contribution in [2.75, 3.05) is 6.61 Å². The van der Waals surface area contributed by atoms with E-state index in [1.807, 2.05) is 48.5 Å². The van der Waals surface area contributed by atoms with Crippen LogP contribution in [0, 0.1) is 0 Å². The number of nitrogens with zero attached hydrogens (tertiary/aromatic N) is 3. The third kappa shape index (κ3) is 3.72. The highest BCUT2D eigenvalue weighted by Gasteiger charge is 2.34. The second kappa shape index (κ2) is 8.44. The molecular weight excluding hydrogens is 418 g/mol. The maximum absolute atomic E-state index is 12.7. The van der Waals surface area contributed by atoms with Crippen LogP contribution in [0.1, 0.15) is 45.1 Å². The van der Waals surface area contributed by atoms with Crippen molar-refractivity contribution in [2.24, 2.45) is 0 Å². The number of hydrogen-bond donors (Lipinski definition) is 1. The van der Waals surface area contributed by atoms with Crippen molar-refractivity contribution in [3.63, 3.8) is 0 Å². The zero-order chi connectivity index (χ0) is 22.9. The van der Waals surface area contributed by atoms with Crippen molar-refractivity contribution >= 4 is 22.8 Å². The molecule has 1 aromatic heterocycles. The zero-order valence-corrected chi connectivity index (χ0v) is 17.9. The molecule has 0 spiro atoms. The number of ether oxygens (including phenoxy) is 1. The quantitative estimate of drug-likeness (QED) is 0.470. The predicted molar refractivity (Wildman–Crippen MR) is 122 cm³/mol. The summed E-state index contributed by atoms with van der Waals surface area (Å²) >= 11 is 0. The minimum Gasteiger partial charge on any atom is -0.461 e. The van der Waals surface area contributed by atoms with Gasteiger partial charge in [0.05, 0.1) is 12.1 Å². The Morgan fingerprint density at radius 3 is 2.48 bits per heavy atom. The standard InChI is InChI=1S/C26H21N3O4/c1-2-33-26(32)22-20-9-5-6-10-21(20)27-23(28-22)17-13-11-16(12-14-17)15-29-24(30)18-7-3-4-8-19(18)25(29)31/h3-14,24,30H,2,15H2,1H3. The summed E-state index contributed by atoms with van der Waals surface area (Å²) in [5.41, 5.74) is 3.60. The molecule has 1 unspecified atom stereocenters. The van der Waals surface area contributed by atoms with E-state index in [2.05, 4.69) is 9.97 Å². The average Bonchev–Trinajstić information content (AvgIpc) is 3.09. The van der Waals surface area contributed by atoms with Crippen molar-refractivity contribution in [2.45, 2.75) is 19.7 Å². The SMILES string of the molecule is CCOC(=O)c1nc(-c2ccc(CN3C(=O)c4ccccc4C3O)cc2)nc2ccccc12. The Hall–Kier alpha value is -4.10. The first kappa shape index (κ1) is 20.8. The van der Waals surface area contributed by atoms with E-state index in [0.29, 0.717) is 27.9 Å². The van der Waals surface area contributed by atoms with Gasteiger partial charge in [-0.1, -0.05) is 60.7 Å². The summed E-state index contributed by atoms with van der Waals surface area (Å²) in [7, 11) is 0. The number of aliphatic hydroxyl groups excluding tert-OH is 1. The minimum absolute atomic E-state index is 0.195. The normalized spacial score (nSPS) is 15.0. The number of hydrogen-bond acceptors (Lipinski definition) is 6. The number of para-hydroxylation sites is 1. The molecular formula is C26H21N3O4. The lowest BCUT2D eigenvalue weighted by molar-refractivity contribution is 0.0137. The smallest absolute Gasteiger partial charge is 0.357 e. The summed E-state index contributed by atoms with van der Waals surface area (Å²) in [6.07, 6.45) is -0.968. The Bertz CT molecular complexity index is 1370. The van der Waals surface area contributed by atoms with Gasteiger partial charge in [-0.3, -0.25) is 4.79 Å². The highest BCUT2D eigenvalue weighted by Crippen LogP contribution is 2.33. The molecule has 3 aromatic carbocycles. The molecule has 0 fully saturated rings. The molecule has 1 atom stereocenters. The summed E-state index contributed by atoms with van der Waals surface area (Å²) in [5, 5.41) is 11.2. The molecule has 0 aliphatic carbocycles. The second-order valence-corrected chi connectivity index (χ2v) is 7.72. The monoisotopic (exact) mass is 439 g/mol. The number of esters is 1. The van der Waals surface area contributed by atoms with E-state index in [1.165, 1.54) is 4.90 Å². The number of amides is 1. The Morgan fingerprint density at radius 2 is 1.73 bits per heavy atom. The fourth-order valence-corrected chi connectivity index (χ4v) is 4.03. The van der Waals surface area contributed by atoms with E-state index in [4.69, 9.17) is 4.74 Å². The topological polar surface area (TPSA) is 92.6 Å². The van der Waals surface area contributed by atoms with E-state index in [1.54, 1.807) is 31.2 Å². The van der Waals surface area contributed by atoms with Gasteiger partial charge in [0, 0.05) is 28.6 Å². The van der Waals surface area contributed by atoms with Gasteiger partial charge in [-0.05, 0) is 24.6 Å². The first-order chi connectivity index (χ1) is 16.1. The van der Waals surface area contributed by atoms with Crippen LogP contribution in [0.5, 0.6) is 0 Å². The van der Waals surface area contributed by atoms with Crippen LogP contribution in [0.2, 0.25) is 0 Å². The number of carbonyl (C=O) groups excluding carboxylic acids is 2. The molecule has 1 aliphatic rings. The Morgan fingerprint density at radius 1 is 1.00 bits per heavy atom. The van der Waals surface area contributed by atoms with Crippen molar-refractivity contribution in [1.82, 2.24) is 14.9 Å². The summed E-state index contributed by atoms with van der Waals surface area (Å²) in [5.74, 6) is -0.276. The summed E-state index contributed by atoms with van der Waals surface area (Å²) in [6.45, 7) is 2.27. The summed E-state index contributed by atoms with van der Waals surface area (Å²) in [4.78, 5) is 35.7. The van der Waals surface area contributed by atoms with Crippen LogP contribution in [0.15, 0.2) is 72.8 Å². The Labute approximate surface area is 190 Å². The maximum atomic E-state index is 12.7. The molecule has 1 aliphatic heterocycles. The highest BCUT2D eigenvalue weighted by molar-refractivity contribution is 6.02. The predicted octanol–water partition coefficient (Wildman–Crippen LogP) is 4.12. The molecule has 0 bridgehead atoms. The maximum Gasteiger partial charge on any atom is 0.357 e. The highest BCUT2D eigenvalue weighted by atomic mass is 16.5. The van der Waals surface area contributed by atoms with Crippen LogP contribution in [0.3, 0.4) is 0 Å². The van der Waals surface area contributed by atoms with Crippen LogP contribution >= 0.6 is 0 Å². The first-order valence-electron chi connectivity index (χ1n) is 10.7. The van der Waals surface area contributed by atoms with Gasteiger partial charge in [0.25, 0.3) is 5.91 Å². The van der Waals surface area contributed by atoms with Crippen molar-refractivity contribution in [3.05, 3.63) is 95.2 Å². The first-order valence-corrected chi connectivity index (χ1v) is 10.7. The van der Waals surface area contributed by atoms with Gasteiger partial charge >= 0.3 is 5.97 Å². The summed E-state index contributed by atoms with van der Waals surface area (Å²) < 4.78 is 5.18. The molecule has 2 heterocycles. The number of fused-ring (bicyclic) bond motifs is 2. The summed E-state index contributed by atoms with van der Waals surface area (Å²) in [6, 6.07) is 21.8. The van der Waals surface area contributed by atoms with E-state index in [-0.39, 0.29) is 24.8 Å². The Kier molecular flexibility index (Phi) is 5.32.